The first-order chi connectivity index (χ1) is 4.93. The van der Waals surface area contributed by atoms with Crippen LogP contribution in [0, 0.1) is 0 Å². The van der Waals surface area contributed by atoms with Gasteiger partial charge in [0.25, 0.3) is 0 Å². The summed E-state index contributed by atoms with van der Waals surface area (Å²) in [5.41, 5.74) is 0. The zero-order valence-electron chi connectivity index (χ0n) is 6.21. The van der Waals surface area contributed by atoms with E-state index in [1.54, 1.807) is 0 Å². The van der Waals surface area contributed by atoms with Gasteiger partial charge in [-0.3, -0.25) is 0 Å². The number of pyridine rings is 1. The molecular weight excluding hydrogens is 270 g/mol. The maximum atomic E-state index is 3.39. The minimum atomic E-state index is 0. The average Bonchev–Trinajstić information content (AvgIpc) is 2.03. The highest BCUT2D eigenvalue weighted by atomic mass is 79.9. The Bertz CT molecular complexity index is 177. The van der Waals surface area contributed by atoms with Gasteiger partial charge in [-0.2, -0.15) is 0 Å². The van der Waals surface area contributed by atoms with Gasteiger partial charge in [-0.1, -0.05) is 22.0 Å². The Morgan fingerprint density at radius 3 is 2.27 bits per heavy atom. The summed E-state index contributed by atoms with van der Waals surface area (Å²) in [4.78, 5) is 0. The number of hydrogen-bond donors (Lipinski definition) is 0. The SMILES string of the molecule is BrCCC[n+]1ccccc1.[Br-]. The van der Waals surface area contributed by atoms with Crippen molar-refractivity contribution in [1.29, 1.82) is 0 Å². The highest BCUT2D eigenvalue weighted by molar-refractivity contribution is 9.09. The highest BCUT2D eigenvalue weighted by Crippen LogP contribution is 1.86. The Morgan fingerprint density at radius 2 is 1.73 bits per heavy atom. The molecule has 0 N–H and O–H groups in total. The normalized spacial score (nSPS) is 8.82. The summed E-state index contributed by atoms with van der Waals surface area (Å²) < 4.78 is 2.18. The smallest absolute Gasteiger partial charge is 0.168 e. The summed E-state index contributed by atoms with van der Waals surface area (Å²) in [5, 5.41) is 1.08. The maximum absolute atomic E-state index is 3.39. The first-order valence-electron chi connectivity index (χ1n) is 3.43. The Kier molecular flexibility index (Phi) is 6.87. The Hall–Kier alpha value is 0.110. The lowest BCUT2D eigenvalue weighted by Gasteiger charge is -1.91. The fourth-order valence-electron chi connectivity index (χ4n) is 0.826. The molecule has 3 heteroatoms. The monoisotopic (exact) mass is 279 g/mol. The molecule has 1 nitrogen and oxygen atoms in total. The summed E-state index contributed by atoms with van der Waals surface area (Å²) >= 11 is 3.39. The van der Waals surface area contributed by atoms with Crippen molar-refractivity contribution in [3.63, 3.8) is 0 Å². The zero-order chi connectivity index (χ0) is 7.23. The third kappa shape index (κ3) is 4.53. The molecule has 0 saturated carbocycles. The second-order valence-electron chi connectivity index (χ2n) is 2.16. The van der Waals surface area contributed by atoms with Gasteiger partial charge in [0.05, 0.1) is 0 Å². The third-order valence-corrected chi connectivity index (χ3v) is 1.89. The number of aromatic nitrogens is 1. The van der Waals surface area contributed by atoms with E-state index in [4.69, 9.17) is 0 Å². The molecule has 0 aliphatic rings. The average molecular weight is 281 g/mol. The first-order valence-corrected chi connectivity index (χ1v) is 4.55. The molecular formula is C8H11Br2N. The van der Waals surface area contributed by atoms with Crippen LogP contribution in [-0.4, -0.2) is 5.33 Å². The summed E-state index contributed by atoms with van der Waals surface area (Å²) in [5.74, 6) is 0. The van der Waals surface area contributed by atoms with Crippen molar-refractivity contribution in [1.82, 2.24) is 0 Å². The predicted octanol–water partition coefficient (Wildman–Crippen LogP) is -1.24. The van der Waals surface area contributed by atoms with E-state index in [1.807, 2.05) is 18.2 Å². The molecule has 0 amide bonds. The van der Waals surface area contributed by atoms with Crippen LogP contribution in [0.15, 0.2) is 30.6 Å². The molecule has 11 heavy (non-hydrogen) atoms. The molecule has 0 bridgehead atoms. The molecule has 0 fully saturated rings. The summed E-state index contributed by atoms with van der Waals surface area (Å²) in [7, 11) is 0. The van der Waals surface area contributed by atoms with Crippen LogP contribution in [0.1, 0.15) is 6.42 Å². The van der Waals surface area contributed by atoms with Crippen molar-refractivity contribution >= 4 is 15.9 Å². The standard InChI is InChI=1S/C8H11BrN.BrH/c9-5-4-8-10-6-2-1-3-7-10;/h1-3,6-7H,4-5,8H2;1H/q+1;/p-1. The third-order valence-electron chi connectivity index (χ3n) is 1.33. The van der Waals surface area contributed by atoms with Crippen LogP contribution in [0.3, 0.4) is 0 Å². The summed E-state index contributed by atoms with van der Waals surface area (Å²) in [6, 6.07) is 6.13. The molecule has 0 spiro atoms. The molecule has 0 atom stereocenters. The number of nitrogens with zero attached hydrogens (tertiary/aromatic N) is 1. The predicted molar refractivity (Wildman–Crippen MR) is 45.0 cm³/mol. The second kappa shape index (κ2) is 6.80. The molecule has 0 saturated heterocycles. The van der Waals surface area contributed by atoms with Crippen LogP contribution in [-0.2, 0) is 6.54 Å². The van der Waals surface area contributed by atoms with Crippen molar-refractivity contribution in [2.24, 2.45) is 0 Å². The van der Waals surface area contributed by atoms with E-state index in [1.165, 1.54) is 6.42 Å². The molecule has 0 aliphatic carbocycles. The lowest BCUT2D eigenvalue weighted by Crippen LogP contribution is -3.00. The molecule has 1 aromatic rings. The number of halogens is 2. The van der Waals surface area contributed by atoms with Crippen molar-refractivity contribution in [3.05, 3.63) is 30.6 Å². The maximum Gasteiger partial charge on any atom is 0.168 e. The minimum Gasteiger partial charge on any atom is -1.00 e. The first kappa shape index (κ1) is 11.1. The molecule has 0 radical (unpaired) electrons. The van der Waals surface area contributed by atoms with Gasteiger partial charge in [0.2, 0.25) is 0 Å². The Balaban J connectivity index is 0.000001000. The van der Waals surface area contributed by atoms with Crippen LogP contribution >= 0.6 is 15.9 Å². The molecule has 62 valence electrons. The minimum absolute atomic E-state index is 0. The molecule has 1 aromatic heterocycles. The van der Waals surface area contributed by atoms with Crippen LogP contribution in [0.4, 0.5) is 0 Å². The molecule has 0 aliphatic heterocycles. The van der Waals surface area contributed by atoms with E-state index in [-0.39, 0.29) is 17.0 Å². The lowest BCUT2D eigenvalue weighted by atomic mass is 10.4. The van der Waals surface area contributed by atoms with Gasteiger partial charge < -0.3 is 17.0 Å². The van der Waals surface area contributed by atoms with Crippen LogP contribution in [0.2, 0.25) is 0 Å². The summed E-state index contributed by atoms with van der Waals surface area (Å²) in [6.07, 6.45) is 5.36. The topological polar surface area (TPSA) is 3.88 Å². The van der Waals surface area contributed by atoms with Gasteiger partial charge in [-0.25, -0.2) is 4.57 Å². The van der Waals surface area contributed by atoms with E-state index in [2.05, 4.69) is 32.9 Å². The van der Waals surface area contributed by atoms with Crippen molar-refractivity contribution < 1.29 is 21.5 Å². The molecule has 0 aromatic carbocycles. The van der Waals surface area contributed by atoms with Crippen LogP contribution in [0.25, 0.3) is 0 Å². The quantitative estimate of drug-likeness (QED) is 0.482. The number of alkyl halides is 1. The van der Waals surface area contributed by atoms with E-state index in [9.17, 15) is 0 Å². The summed E-state index contributed by atoms with van der Waals surface area (Å²) in [6.45, 7) is 1.10. The number of rotatable bonds is 3. The van der Waals surface area contributed by atoms with Gasteiger partial charge in [0.1, 0.15) is 6.54 Å². The van der Waals surface area contributed by atoms with Crippen molar-refractivity contribution in [3.8, 4) is 0 Å². The fourth-order valence-corrected chi connectivity index (χ4v) is 1.08. The van der Waals surface area contributed by atoms with E-state index in [0.717, 1.165) is 11.9 Å². The molecule has 1 rings (SSSR count). The van der Waals surface area contributed by atoms with Crippen molar-refractivity contribution in [2.45, 2.75) is 13.0 Å². The van der Waals surface area contributed by atoms with Crippen LogP contribution < -0.4 is 21.5 Å². The lowest BCUT2D eigenvalue weighted by molar-refractivity contribution is -0.696. The van der Waals surface area contributed by atoms with E-state index >= 15 is 0 Å². The van der Waals surface area contributed by atoms with Gasteiger partial charge in [-0.05, 0) is 0 Å². The van der Waals surface area contributed by atoms with E-state index in [0.29, 0.717) is 0 Å². The van der Waals surface area contributed by atoms with Gasteiger partial charge in [-0.15, -0.1) is 0 Å². The number of hydrogen-bond acceptors (Lipinski definition) is 0. The highest BCUT2D eigenvalue weighted by Gasteiger charge is 1.93. The number of aryl methyl sites for hydroxylation is 1. The van der Waals surface area contributed by atoms with Crippen molar-refractivity contribution in [2.75, 3.05) is 5.33 Å². The Morgan fingerprint density at radius 1 is 1.09 bits per heavy atom. The van der Waals surface area contributed by atoms with Crippen LogP contribution in [0.5, 0.6) is 0 Å². The van der Waals surface area contributed by atoms with Gasteiger partial charge >= 0.3 is 0 Å². The van der Waals surface area contributed by atoms with Gasteiger partial charge in [0, 0.05) is 23.9 Å². The zero-order valence-corrected chi connectivity index (χ0v) is 9.38. The molecule has 1 heterocycles. The Labute approximate surface area is 86.3 Å². The van der Waals surface area contributed by atoms with E-state index < -0.39 is 0 Å². The second-order valence-corrected chi connectivity index (χ2v) is 2.95. The fraction of sp³-hybridized carbons (Fsp3) is 0.375. The molecule has 0 unspecified atom stereocenters. The van der Waals surface area contributed by atoms with Gasteiger partial charge in [0.15, 0.2) is 12.4 Å². The largest absolute Gasteiger partial charge is 1.00 e.